The molecule has 0 aliphatic carbocycles. The highest BCUT2D eigenvalue weighted by Crippen LogP contribution is 2.26. The SMILES string of the molecule is CCOC(=O)N1CCC(Nc2nc3cc(Cl)ccc3n2Cc2ccccc2)CC1. The van der Waals surface area contributed by atoms with E-state index in [2.05, 4.69) is 22.0 Å². The first-order valence-electron chi connectivity index (χ1n) is 10.0. The summed E-state index contributed by atoms with van der Waals surface area (Å²) in [5.41, 5.74) is 3.13. The van der Waals surface area contributed by atoms with Gasteiger partial charge < -0.3 is 19.5 Å². The average molecular weight is 413 g/mol. The predicted octanol–water partition coefficient (Wildman–Crippen LogP) is 4.77. The summed E-state index contributed by atoms with van der Waals surface area (Å²) in [6, 6.07) is 16.4. The molecular weight excluding hydrogens is 388 g/mol. The molecule has 1 aromatic heterocycles. The summed E-state index contributed by atoms with van der Waals surface area (Å²) >= 11 is 6.18. The molecule has 3 aromatic rings. The molecule has 4 rings (SSSR count). The van der Waals surface area contributed by atoms with Crippen LogP contribution in [0.2, 0.25) is 5.02 Å². The molecule has 0 bridgehead atoms. The van der Waals surface area contributed by atoms with Crippen molar-refractivity contribution in [2.24, 2.45) is 0 Å². The summed E-state index contributed by atoms with van der Waals surface area (Å²) < 4.78 is 7.30. The number of imidazole rings is 1. The number of carbonyl (C=O) groups is 1. The smallest absolute Gasteiger partial charge is 0.409 e. The molecule has 2 heterocycles. The van der Waals surface area contributed by atoms with Crippen LogP contribution in [-0.4, -0.2) is 46.3 Å². The highest BCUT2D eigenvalue weighted by atomic mass is 35.5. The van der Waals surface area contributed by atoms with E-state index in [0.717, 1.165) is 36.4 Å². The van der Waals surface area contributed by atoms with Crippen LogP contribution in [0, 0.1) is 0 Å². The highest BCUT2D eigenvalue weighted by molar-refractivity contribution is 6.31. The Kier molecular flexibility index (Phi) is 5.90. The molecule has 0 radical (unpaired) electrons. The summed E-state index contributed by atoms with van der Waals surface area (Å²) in [6.45, 7) is 4.32. The number of aromatic nitrogens is 2. The first kappa shape index (κ1) is 19.6. The largest absolute Gasteiger partial charge is 0.450 e. The van der Waals surface area contributed by atoms with Gasteiger partial charge in [0, 0.05) is 24.2 Å². The third-order valence-corrected chi connectivity index (χ3v) is 5.48. The number of fused-ring (bicyclic) bond motifs is 1. The Labute approximate surface area is 175 Å². The number of carbonyl (C=O) groups excluding carboxylic acids is 1. The van der Waals surface area contributed by atoms with E-state index in [0.29, 0.717) is 24.7 Å². The zero-order chi connectivity index (χ0) is 20.2. The van der Waals surface area contributed by atoms with E-state index in [1.54, 1.807) is 4.90 Å². The van der Waals surface area contributed by atoms with Crippen molar-refractivity contribution in [3.05, 3.63) is 59.1 Å². The van der Waals surface area contributed by atoms with Crippen LogP contribution in [0.3, 0.4) is 0 Å². The maximum Gasteiger partial charge on any atom is 0.409 e. The van der Waals surface area contributed by atoms with Gasteiger partial charge in [-0.25, -0.2) is 9.78 Å². The fraction of sp³-hybridized carbons (Fsp3) is 0.364. The van der Waals surface area contributed by atoms with Crippen LogP contribution in [0.4, 0.5) is 10.7 Å². The Morgan fingerprint density at radius 3 is 2.69 bits per heavy atom. The zero-order valence-electron chi connectivity index (χ0n) is 16.5. The molecule has 0 saturated carbocycles. The van der Waals surface area contributed by atoms with Crippen LogP contribution in [0.25, 0.3) is 11.0 Å². The first-order chi connectivity index (χ1) is 14.1. The van der Waals surface area contributed by atoms with Gasteiger partial charge >= 0.3 is 6.09 Å². The monoisotopic (exact) mass is 412 g/mol. The quantitative estimate of drug-likeness (QED) is 0.655. The van der Waals surface area contributed by atoms with E-state index >= 15 is 0 Å². The molecule has 1 N–H and O–H groups in total. The molecule has 1 aliphatic rings. The number of nitrogens with zero attached hydrogens (tertiary/aromatic N) is 3. The molecule has 0 atom stereocenters. The molecule has 7 heteroatoms. The van der Waals surface area contributed by atoms with E-state index in [1.165, 1.54) is 5.56 Å². The van der Waals surface area contributed by atoms with Crippen molar-refractivity contribution in [3.8, 4) is 0 Å². The molecular formula is C22H25ClN4O2. The second-order valence-corrected chi connectivity index (χ2v) is 7.68. The number of halogens is 1. The Balaban J connectivity index is 1.54. The lowest BCUT2D eigenvalue weighted by Gasteiger charge is -2.32. The lowest BCUT2D eigenvalue weighted by molar-refractivity contribution is 0.0983. The highest BCUT2D eigenvalue weighted by Gasteiger charge is 2.25. The van der Waals surface area contributed by atoms with Gasteiger partial charge in [0.2, 0.25) is 5.95 Å². The maximum absolute atomic E-state index is 11.9. The molecule has 2 aromatic carbocycles. The average Bonchev–Trinajstić information content (AvgIpc) is 3.05. The minimum atomic E-state index is -0.225. The second kappa shape index (κ2) is 8.74. The van der Waals surface area contributed by atoms with Gasteiger partial charge in [0.25, 0.3) is 0 Å². The van der Waals surface area contributed by atoms with E-state index in [9.17, 15) is 4.79 Å². The van der Waals surface area contributed by atoms with E-state index in [1.807, 2.05) is 43.3 Å². The Morgan fingerprint density at radius 1 is 1.21 bits per heavy atom. The summed E-state index contributed by atoms with van der Waals surface area (Å²) in [5.74, 6) is 0.834. The fourth-order valence-electron chi connectivity index (χ4n) is 3.74. The molecule has 1 saturated heterocycles. The van der Waals surface area contributed by atoms with Crippen molar-refractivity contribution in [1.29, 1.82) is 0 Å². The van der Waals surface area contributed by atoms with Crippen LogP contribution in [0.15, 0.2) is 48.5 Å². The van der Waals surface area contributed by atoms with Crippen molar-refractivity contribution < 1.29 is 9.53 Å². The molecule has 152 valence electrons. The van der Waals surface area contributed by atoms with Crippen molar-refractivity contribution in [1.82, 2.24) is 14.5 Å². The maximum atomic E-state index is 11.9. The van der Waals surface area contributed by atoms with Crippen LogP contribution in [0.5, 0.6) is 0 Å². The molecule has 29 heavy (non-hydrogen) atoms. The number of amides is 1. The van der Waals surface area contributed by atoms with Gasteiger partial charge in [-0.1, -0.05) is 41.9 Å². The van der Waals surface area contributed by atoms with Crippen LogP contribution >= 0.6 is 11.6 Å². The Morgan fingerprint density at radius 2 is 1.97 bits per heavy atom. The minimum absolute atomic E-state index is 0.225. The number of ether oxygens (including phenoxy) is 1. The number of hydrogen-bond donors (Lipinski definition) is 1. The van der Waals surface area contributed by atoms with Crippen LogP contribution in [0.1, 0.15) is 25.3 Å². The topological polar surface area (TPSA) is 59.4 Å². The number of rotatable bonds is 5. The van der Waals surface area contributed by atoms with Crippen LogP contribution in [-0.2, 0) is 11.3 Å². The Bertz CT molecular complexity index is 981. The van der Waals surface area contributed by atoms with Gasteiger partial charge in [0.15, 0.2) is 0 Å². The number of anilines is 1. The van der Waals surface area contributed by atoms with Gasteiger partial charge in [-0.3, -0.25) is 0 Å². The van der Waals surface area contributed by atoms with E-state index in [4.69, 9.17) is 21.3 Å². The molecule has 0 unspecified atom stereocenters. The van der Waals surface area contributed by atoms with E-state index < -0.39 is 0 Å². The summed E-state index contributed by atoms with van der Waals surface area (Å²) in [6.07, 6.45) is 1.49. The fourth-order valence-corrected chi connectivity index (χ4v) is 3.91. The standard InChI is InChI=1S/C22H25ClN4O2/c1-2-29-22(28)26-12-10-18(11-13-26)24-21-25-19-14-17(23)8-9-20(19)27(21)15-16-6-4-3-5-7-16/h3-9,14,18H,2,10-13,15H2,1H3,(H,24,25). The number of nitrogens with one attached hydrogen (secondary N) is 1. The van der Waals surface area contributed by atoms with Crippen molar-refractivity contribution in [2.45, 2.75) is 32.4 Å². The lowest BCUT2D eigenvalue weighted by Crippen LogP contribution is -2.42. The minimum Gasteiger partial charge on any atom is -0.450 e. The molecule has 1 fully saturated rings. The normalized spacial score (nSPS) is 14.9. The first-order valence-corrected chi connectivity index (χ1v) is 10.4. The van der Waals surface area contributed by atoms with Gasteiger partial charge in [-0.15, -0.1) is 0 Å². The van der Waals surface area contributed by atoms with Crippen molar-refractivity contribution in [2.75, 3.05) is 25.0 Å². The predicted molar refractivity (Wildman–Crippen MR) is 116 cm³/mol. The van der Waals surface area contributed by atoms with Gasteiger partial charge in [-0.2, -0.15) is 0 Å². The number of benzene rings is 2. The van der Waals surface area contributed by atoms with Crippen LogP contribution < -0.4 is 5.32 Å². The van der Waals surface area contributed by atoms with Crippen molar-refractivity contribution in [3.63, 3.8) is 0 Å². The number of piperidine rings is 1. The molecule has 0 spiro atoms. The van der Waals surface area contributed by atoms with E-state index in [-0.39, 0.29) is 12.1 Å². The summed E-state index contributed by atoms with van der Waals surface area (Å²) in [7, 11) is 0. The third kappa shape index (κ3) is 4.48. The Hall–Kier alpha value is -2.73. The zero-order valence-corrected chi connectivity index (χ0v) is 17.2. The third-order valence-electron chi connectivity index (χ3n) is 5.25. The summed E-state index contributed by atoms with van der Waals surface area (Å²) in [4.78, 5) is 18.5. The summed E-state index contributed by atoms with van der Waals surface area (Å²) in [5, 5.41) is 4.28. The van der Waals surface area contributed by atoms with Crippen molar-refractivity contribution >= 4 is 34.7 Å². The van der Waals surface area contributed by atoms with Gasteiger partial charge in [0.1, 0.15) is 0 Å². The molecule has 1 aliphatic heterocycles. The second-order valence-electron chi connectivity index (χ2n) is 7.24. The number of hydrogen-bond acceptors (Lipinski definition) is 4. The van der Waals surface area contributed by atoms with Gasteiger partial charge in [0.05, 0.1) is 24.2 Å². The molecule has 6 nitrogen and oxygen atoms in total. The lowest BCUT2D eigenvalue weighted by atomic mass is 10.1. The van der Waals surface area contributed by atoms with Gasteiger partial charge in [-0.05, 0) is 43.5 Å². The number of likely N-dealkylation sites (tertiary alicyclic amines) is 1. The molecule has 1 amide bonds.